The van der Waals surface area contributed by atoms with E-state index in [4.69, 9.17) is 11.6 Å². The fourth-order valence-corrected chi connectivity index (χ4v) is 2.23. The van der Waals surface area contributed by atoms with Gasteiger partial charge in [0.15, 0.2) is 5.78 Å². The first kappa shape index (κ1) is 15.6. The summed E-state index contributed by atoms with van der Waals surface area (Å²) in [6.07, 6.45) is -4.42. The Morgan fingerprint density at radius 3 is 2.05 bits per heavy atom. The van der Waals surface area contributed by atoms with Crippen LogP contribution in [0.5, 0.6) is 0 Å². The molecule has 0 unspecified atom stereocenters. The summed E-state index contributed by atoms with van der Waals surface area (Å²) < 4.78 is 37.5. The normalized spacial score (nSPS) is 11.5. The predicted octanol–water partition coefficient (Wildman–Crippen LogP) is 5.21. The Hall–Kier alpha value is -1.81. The number of alkyl halides is 3. The average molecular weight is 313 g/mol. The zero-order valence-electron chi connectivity index (χ0n) is 11.4. The fourth-order valence-electron chi connectivity index (χ4n) is 1.92. The lowest BCUT2D eigenvalue weighted by atomic mass is 9.98. The second kappa shape index (κ2) is 5.53. The first-order valence-electron chi connectivity index (χ1n) is 6.19. The van der Waals surface area contributed by atoms with Gasteiger partial charge in [-0.3, -0.25) is 4.79 Å². The zero-order valence-corrected chi connectivity index (χ0v) is 12.1. The van der Waals surface area contributed by atoms with Gasteiger partial charge in [0.05, 0.1) is 10.6 Å². The maximum absolute atomic E-state index is 12.5. The number of hydrogen-bond acceptors (Lipinski definition) is 1. The third-order valence-electron chi connectivity index (χ3n) is 3.30. The van der Waals surface area contributed by atoms with Crippen molar-refractivity contribution in [1.82, 2.24) is 0 Å². The van der Waals surface area contributed by atoms with Crippen LogP contribution in [0.1, 0.15) is 32.6 Å². The molecule has 5 heteroatoms. The molecule has 1 nitrogen and oxygen atoms in total. The topological polar surface area (TPSA) is 17.1 Å². The van der Waals surface area contributed by atoms with Crippen LogP contribution in [0.4, 0.5) is 13.2 Å². The van der Waals surface area contributed by atoms with Gasteiger partial charge in [0, 0.05) is 11.1 Å². The molecule has 21 heavy (non-hydrogen) atoms. The minimum atomic E-state index is -4.42. The Morgan fingerprint density at radius 1 is 1.00 bits per heavy atom. The number of halogens is 4. The predicted molar refractivity (Wildman–Crippen MR) is 75.8 cm³/mol. The van der Waals surface area contributed by atoms with E-state index in [1.165, 1.54) is 0 Å². The molecule has 110 valence electrons. The highest BCUT2D eigenvalue weighted by Gasteiger charge is 2.30. The van der Waals surface area contributed by atoms with Gasteiger partial charge < -0.3 is 0 Å². The highest BCUT2D eigenvalue weighted by atomic mass is 35.5. The molecule has 0 saturated carbocycles. The number of benzene rings is 2. The zero-order chi connectivity index (χ0) is 15.8. The summed E-state index contributed by atoms with van der Waals surface area (Å²) in [7, 11) is 0. The summed E-state index contributed by atoms with van der Waals surface area (Å²) in [6.45, 7) is 3.71. The largest absolute Gasteiger partial charge is 0.416 e. The van der Waals surface area contributed by atoms with E-state index in [0.717, 1.165) is 35.4 Å². The fraction of sp³-hybridized carbons (Fsp3) is 0.188. The Kier molecular flexibility index (Phi) is 4.10. The molecule has 0 aliphatic carbocycles. The van der Waals surface area contributed by atoms with Crippen molar-refractivity contribution in [3.05, 3.63) is 69.2 Å². The van der Waals surface area contributed by atoms with Gasteiger partial charge in [-0.15, -0.1) is 0 Å². The minimum Gasteiger partial charge on any atom is -0.289 e. The van der Waals surface area contributed by atoms with Gasteiger partial charge >= 0.3 is 6.18 Å². The molecule has 0 atom stereocenters. The summed E-state index contributed by atoms with van der Waals surface area (Å²) >= 11 is 6.05. The van der Waals surface area contributed by atoms with Crippen LogP contribution in [0, 0.1) is 13.8 Å². The van der Waals surface area contributed by atoms with Crippen LogP contribution in [0.25, 0.3) is 0 Å². The number of carbonyl (C=O) groups excluding carboxylic acids is 1. The van der Waals surface area contributed by atoms with Crippen molar-refractivity contribution in [3.8, 4) is 0 Å². The number of hydrogen-bond donors (Lipinski definition) is 0. The molecular weight excluding hydrogens is 301 g/mol. The van der Waals surface area contributed by atoms with Crippen LogP contribution < -0.4 is 0 Å². The van der Waals surface area contributed by atoms with E-state index < -0.39 is 17.5 Å². The Bertz CT molecular complexity index is 688. The van der Waals surface area contributed by atoms with Crippen LogP contribution >= 0.6 is 11.6 Å². The van der Waals surface area contributed by atoms with Crippen molar-refractivity contribution in [2.24, 2.45) is 0 Å². The molecule has 0 amide bonds. The first-order valence-corrected chi connectivity index (χ1v) is 6.56. The molecule has 2 rings (SSSR count). The summed E-state index contributed by atoms with van der Waals surface area (Å²) in [4.78, 5) is 12.3. The molecular formula is C16H12ClF3O. The van der Waals surface area contributed by atoms with Gasteiger partial charge in [0.25, 0.3) is 0 Å². The number of ketones is 1. The molecule has 0 heterocycles. The molecule has 0 radical (unpaired) electrons. The third kappa shape index (κ3) is 3.27. The van der Waals surface area contributed by atoms with E-state index in [2.05, 4.69) is 0 Å². The van der Waals surface area contributed by atoms with Crippen LogP contribution in [0.3, 0.4) is 0 Å². The first-order chi connectivity index (χ1) is 9.70. The van der Waals surface area contributed by atoms with Crippen LogP contribution in [-0.4, -0.2) is 5.78 Å². The Labute approximate surface area is 125 Å². The number of rotatable bonds is 2. The van der Waals surface area contributed by atoms with Crippen molar-refractivity contribution in [1.29, 1.82) is 0 Å². The second-order valence-electron chi connectivity index (χ2n) is 4.82. The third-order valence-corrected chi connectivity index (χ3v) is 3.62. The molecule has 0 aromatic heterocycles. The molecule has 2 aromatic rings. The van der Waals surface area contributed by atoms with Crippen molar-refractivity contribution < 1.29 is 18.0 Å². The quantitative estimate of drug-likeness (QED) is 0.696. The van der Waals surface area contributed by atoms with Crippen LogP contribution in [-0.2, 0) is 6.18 Å². The maximum Gasteiger partial charge on any atom is 0.416 e. The minimum absolute atomic E-state index is 0.174. The van der Waals surface area contributed by atoms with E-state index in [0.29, 0.717) is 10.6 Å². The van der Waals surface area contributed by atoms with Crippen molar-refractivity contribution in [2.75, 3.05) is 0 Å². The average Bonchev–Trinajstić information content (AvgIpc) is 2.41. The molecule has 0 N–H and O–H groups in total. The highest BCUT2D eigenvalue weighted by molar-refractivity contribution is 6.35. The smallest absolute Gasteiger partial charge is 0.289 e. The standard InChI is InChI=1S/C16H12ClF3O/c1-9-7-13(14(17)8-10(9)2)15(21)11-3-5-12(6-4-11)16(18,19)20/h3-8H,1-2H3. The SMILES string of the molecule is Cc1cc(Cl)c(C(=O)c2ccc(C(F)(F)F)cc2)cc1C. The number of carbonyl (C=O) groups is 1. The van der Waals surface area contributed by atoms with Gasteiger partial charge in [-0.1, -0.05) is 23.7 Å². The van der Waals surface area contributed by atoms with Gasteiger partial charge in [0.2, 0.25) is 0 Å². The van der Waals surface area contributed by atoms with Crippen LogP contribution in [0.2, 0.25) is 5.02 Å². The van der Waals surface area contributed by atoms with E-state index in [9.17, 15) is 18.0 Å². The summed E-state index contributed by atoms with van der Waals surface area (Å²) in [5.41, 5.74) is 1.52. The lowest BCUT2D eigenvalue weighted by Gasteiger charge is -2.09. The summed E-state index contributed by atoms with van der Waals surface area (Å²) in [5, 5.41) is 0.294. The Morgan fingerprint density at radius 2 is 1.52 bits per heavy atom. The van der Waals surface area contributed by atoms with E-state index in [1.54, 1.807) is 12.1 Å². The van der Waals surface area contributed by atoms with E-state index in [-0.39, 0.29) is 5.56 Å². The summed E-state index contributed by atoms with van der Waals surface area (Å²) in [6, 6.07) is 7.43. The monoisotopic (exact) mass is 312 g/mol. The second-order valence-corrected chi connectivity index (χ2v) is 5.23. The molecule has 0 aliphatic rings. The molecule has 0 fully saturated rings. The lowest BCUT2D eigenvalue weighted by Crippen LogP contribution is -2.07. The number of aryl methyl sites for hydroxylation is 2. The van der Waals surface area contributed by atoms with Gasteiger partial charge in [-0.2, -0.15) is 13.2 Å². The molecule has 0 spiro atoms. The van der Waals surface area contributed by atoms with Gasteiger partial charge in [-0.05, 0) is 49.2 Å². The van der Waals surface area contributed by atoms with Crippen molar-refractivity contribution in [3.63, 3.8) is 0 Å². The highest BCUT2D eigenvalue weighted by Crippen LogP contribution is 2.30. The van der Waals surface area contributed by atoms with Crippen molar-refractivity contribution in [2.45, 2.75) is 20.0 Å². The van der Waals surface area contributed by atoms with E-state index in [1.807, 2.05) is 13.8 Å². The molecule has 2 aromatic carbocycles. The van der Waals surface area contributed by atoms with Crippen molar-refractivity contribution >= 4 is 17.4 Å². The lowest BCUT2D eigenvalue weighted by molar-refractivity contribution is -0.137. The van der Waals surface area contributed by atoms with E-state index >= 15 is 0 Å². The summed E-state index contributed by atoms with van der Waals surface area (Å²) in [5.74, 6) is -0.392. The molecule has 0 aliphatic heterocycles. The maximum atomic E-state index is 12.5. The van der Waals surface area contributed by atoms with Gasteiger partial charge in [0.1, 0.15) is 0 Å². The molecule has 0 bridgehead atoms. The van der Waals surface area contributed by atoms with Crippen LogP contribution in [0.15, 0.2) is 36.4 Å². The van der Waals surface area contributed by atoms with Gasteiger partial charge in [-0.25, -0.2) is 0 Å². The Balaban J connectivity index is 2.39. The molecule has 0 saturated heterocycles.